The Hall–Kier alpha value is -0.820. The first-order valence-electron chi connectivity index (χ1n) is 5.00. The van der Waals surface area contributed by atoms with Gasteiger partial charge in [0, 0.05) is 11.4 Å². The Kier molecular flexibility index (Phi) is 1.58. The SMILES string of the molecule is O=C1CC2CC1(c1ccc(Cl)cc1)C2. The number of rotatable bonds is 1. The van der Waals surface area contributed by atoms with Crippen molar-refractivity contribution in [1.82, 2.24) is 0 Å². The second-order valence-electron chi connectivity index (χ2n) is 4.49. The second kappa shape index (κ2) is 2.60. The van der Waals surface area contributed by atoms with Crippen LogP contribution in [0.15, 0.2) is 24.3 Å². The molecule has 0 atom stereocenters. The van der Waals surface area contributed by atoms with E-state index in [1.807, 2.05) is 24.3 Å². The van der Waals surface area contributed by atoms with Crippen LogP contribution in [0.2, 0.25) is 5.02 Å². The molecule has 1 nitrogen and oxygen atoms in total. The molecular formula is C12H11ClO. The van der Waals surface area contributed by atoms with Gasteiger partial charge in [0.2, 0.25) is 0 Å². The van der Waals surface area contributed by atoms with Crippen LogP contribution in [0.5, 0.6) is 0 Å². The first-order valence-corrected chi connectivity index (χ1v) is 5.38. The third-order valence-electron chi connectivity index (χ3n) is 3.68. The van der Waals surface area contributed by atoms with Crippen molar-refractivity contribution in [2.75, 3.05) is 0 Å². The van der Waals surface area contributed by atoms with Gasteiger partial charge < -0.3 is 0 Å². The molecular weight excluding hydrogens is 196 g/mol. The van der Waals surface area contributed by atoms with Crippen LogP contribution in [0.1, 0.15) is 24.8 Å². The summed E-state index contributed by atoms with van der Waals surface area (Å²) in [6.45, 7) is 0. The molecule has 0 unspecified atom stereocenters. The molecule has 1 aromatic carbocycles. The number of carbonyl (C=O) groups excluding carboxylic acids is 1. The highest BCUT2D eigenvalue weighted by molar-refractivity contribution is 6.30. The number of fused-ring (bicyclic) bond motifs is 1. The van der Waals surface area contributed by atoms with Crippen LogP contribution in [-0.4, -0.2) is 5.78 Å². The maximum atomic E-state index is 11.8. The van der Waals surface area contributed by atoms with E-state index in [4.69, 9.17) is 11.6 Å². The molecule has 2 bridgehead atoms. The lowest BCUT2D eigenvalue weighted by atomic mass is 9.65. The van der Waals surface area contributed by atoms with Crippen LogP contribution in [0.25, 0.3) is 0 Å². The van der Waals surface area contributed by atoms with Gasteiger partial charge in [-0.05, 0) is 36.5 Å². The fourth-order valence-electron chi connectivity index (χ4n) is 2.92. The lowest BCUT2D eigenvalue weighted by Crippen LogP contribution is -2.36. The van der Waals surface area contributed by atoms with E-state index in [1.165, 1.54) is 5.56 Å². The summed E-state index contributed by atoms with van der Waals surface area (Å²) in [4.78, 5) is 11.8. The van der Waals surface area contributed by atoms with Gasteiger partial charge in [-0.1, -0.05) is 23.7 Å². The molecule has 0 amide bonds. The lowest BCUT2D eigenvalue weighted by Gasteiger charge is -2.37. The standard InChI is InChI=1S/C12H11ClO/c13-10-3-1-9(2-4-10)12-6-8(7-12)5-11(12)14/h1-4,8H,5-7H2. The molecule has 4 rings (SSSR count). The summed E-state index contributed by atoms with van der Waals surface area (Å²) >= 11 is 5.83. The second-order valence-corrected chi connectivity index (χ2v) is 4.93. The molecule has 72 valence electrons. The molecule has 3 aliphatic carbocycles. The molecule has 1 aromatic rings. The minimum atomic E-state index is -0.116. The summed E-state index contributed by atoms with van der Waals surface area (Å²) in [5.74, 6) is 1.10. The Balaban J connectivity index is 2.03. The summed E-state index contributed by atoms with van der Waals surface area (Å²) < 4.78 is 0. The Bertz CT molecular complexity index is 387. The minimum absolute atomic E-state index is 0.116. The highest BCUT2D eigenvalue weighted by Gasteiger charge is 2.57. The van der Waals surface area contributed by atoms with Gasteiger partial charge in [-0.25, -0.2) is 0 Å². The largest absolute Gasteiger partial charge is 0.299 e. The van der Waals surface area contributed by atoms with Crippen LogP contribution in [0.3, 0.4) is 0 Å². The number of halogens is 1. The molecule has 0 heterocycles. The third-order valence-corrected chi connectivity index (χ3v) is 3.93. The molecule has 0 aromatic heterocycles. The monoisotopic (exact) mass is 206 g/mol. The number of hydrogen-bond donors (Lipinski definition) is 0. The molecule has 0 aliphatic heterocycles. The Labute approximate surface area is 88.1 Å². The van der Waals surface area contributed by atoms with Crippen molar-refractivity contribution in [1.29, 1.82) is 0 Å². The Morgan fingerprint density at radius 2 is 1.86 bits per heavy atom. The molecule has 3 fully saturated rings. The van der Waals surface area contributed by atoms with Gasteiger partial charge >= 0.3 is 0 Å². The summed E-state index contributed by atoms with van der Waals surface area (Å²) in [5.41, 5.74) is 1.05. The van der Waals surface area contributed by atoms with Crippen LogP contribution in [-0.2, 0) is 10.2 Å². The van der Waals surface area contributed by atoms with Crippen LogP contribution in [0.4, 0.5) is 0 Å². The van der Waals surface area contributed by atoms with E-state index >= 15 is 0 Å². The van der Waals surface area contributed by atoms with Crippen LogP contribution >= 0.6 is 11.6 Å². The summed E-state index contributed by atoms with van der Waals surface area (Å²) in [5, 5.41) is 0.742. The highest BCUT2D eigenvalue weighted by atomic mass is 35.5. The summed E-state index contributed by atoms with van der Waals surface area (Å²) in [6.07, 6.45) is 2.92. The summed E-state index contributed by atoms with van der Waals surface area (Å²) in [7, 11) is 0. The smallest absolute Gasteiger partial charge is 0.143 e. The quantitative estimate of drug-likeness (QED) is 0.691. The number of benzene rings is 1. The minimum Gasteiger partial charge on any atom is -0.299 e. The van der Waals surface area contributed by atoms with E-state index in [1.54, 1.807) is 0 Å². The van der Waals surface area contributed by atoms with Gasteiger partial charge in [0.25, 0.3) is 0 Å². The summed E-state index contributed by atoms with van der Waals surface area (Å²) in [6, 6.07) is 7.76. The fraction of sp³-hybridized carbons (Fsp3) is 0.417. The number of carbonyl (C=O) groups is 1. The average Bonchev–Trinajstić information content (AvgIpc) is 2.58. The molecule has 2 heteroatoms. The van der Waals surface area contributed by atoms with E-state index in [0.29, 0.717) is 11.7 Å². The first-order chi connectivity index (χ1) is 6.71. The van der Waals surface area contributed by atoms with E-state index in [2.05, 4.69) is 0 Å². The number of ketones is 1. The predicted molar refractivity (Wildman–Crippen MR) is 55.5 cm³/mol. The van der Waals surface area contributed by atoms with Crippen molar-refractivity contribution in [3.05, 3.63) is 34.9 Å². The molecule has 0 N–H and O–H groups in total. The third kappa shape index (κ3) is 0.936. The van der Waals surface area contributed by atoms with Crippen molar-refractivity contribution < 1.29 is 4.79 Å². The Morgan fingerprint density at radius 1 is 1.21 bits per heavy atom. The van der Waals surface area contributed by atoms with Crippen molar-refractivity contribution in [2.24, 2.45) is 5.92 Å². The Morgan fingerprint density at radius 3 is 2.36 bits per heavy atom. The van der Waals surface area contributed by atoms with Gasteiger partial charge in [0.1, 0.15) is 5.78 Å². The van der Waals surface area contributed by atoms with E-state index in [9.17, 15) is 4.79 Å². The van der Waals surface area contributed by atoms with Crippen molar-refractivity contribution >= 4 is 17.4 Å². The maximum absolute atomic E-state index is 11.8. The number of hydrogen-bond acceptors (Lipinski definition) is 1. The van der Waals surface area contributed by atoms with Gasteiger partial charge in [-0.3, -0.25) is 4.79 Å². The first kappa shape index (κ1) is 8.49. The molecule has 3 saturated carbocycles. The molecule has 3 aliphatic rings. The molecule has 0 saturated heterocycles. The molecule has 0 spiro atoms. The average molecular weight is 207 g/mol. The van der Waals surface area contributed by atoms with E-state index in [0.717, 1.165) is 24.3 Å². The number of Topliss-reactive ketones (excluding diaryl/α,β-unsaturated/α-hetero) is 1. The van der Waals surface area contributed by atoms with E-state index in [-0.39, 0.29) is 5.41 Å². The maximum Gasteiger partial charge on any atom is 0.143 e. The fourth-order valence-corrected chi connectivity index (χ4v) is 3.05. The van der Waals surface area contributed by atoms with Crippen molar-refractivity contribution in [3.8, 4) is 0 Å². The van der Waals surface area contributed by atoms with Crippen molar-refractivity contribution in [2.45, 2.75) is 24.7 Å². The van der Waals surface area contributed by atoms with E-state index < -0.39 is 0 Å². The zero-order valence-corrected chi connectivity index (χ0v) is 8.55. The van der Waals surface area contributed by atoms with Crippen LogP contribution < -0.4 is 0 Å². The van der Waals surface area contributed by atoms with Crippen molar-refractivity contribution in [3.63, 3.8) is 0 Å². The van der Waals surface area contributed by atoms with Gasteiger partial charge in [0.15, 0.2) is 0 Å². The molecule has 14 heavy (non-hydrogen) atoms. The van der Waals surface area contributed by atoms with Crippen LogP contribution in [0, 0.1) is 5.92 Å². The predicted octanol–water partition coefficient (Wildman–Crippen LogP) is 2.96. The van der Waals surface area contributed by atoms with Gasteiger partial charge in [0.05, 0.1) is 5.41 Å². The topological polar surface area (TPSA) is 17.1 Å². The van der Waals surface area contributed by atoms with Gasteiger partial charge in [-0.2, -0.15) is 0 Å². The zero-order chi connectivity index (χ0) is 9.76. The highest BCUT2D eigenvalue weighted by Crippen LogP contribution is 2.57. The normalized spacial score (nSPS) is 34.4. The lowest BCUT2D eigenvalue weighted by molar-refractivity contribution is -0.121. The molecule has 0 radical (unpaired) electrons. The zero-order valence-electron chi connectivity index (χ0n) is 7.79. The van der Waals surface area contributed by atoms with Gasteiger partial charge in [-0.15, -0.1) is 0 Å².